The fraction of sp³-hybridized carbons (Fsp3) is 0.263. The lowest BCUT2D eigenvalue weighted by atomic mass is 10.1. The maximum absolute atomic E-state index is 13.9. The van der Waals surface area contributed by atoms with Crippen LogP contribution in [0.5, 0.6) is 0 Å². The van der Waals surface area contributed by atoms with E-state index in [4.69, 9.17) is 17.3 Å². The molecule has 0 aromatic heterocycles. The van der Waals surface area contributed by atoms with Gasteiger partial charge in [-0.3, -0.25) is 14.5 Å². The van der Waals surface area contributed by atoms with E-state index in [0.29, 0.717) is 12.2 Å². The van der Waals surface area contributed by atoms with Crippen LogP contribution in [0, 0.1) is 5.82 Å². The zero-order valence-electron chi connectivity index (χ0n) is 14.0. The number of nitrogens with one attached hydrogen (secondary N) is 1. The number of rotatable bonds is 5. The van der Waals surface area contributed by atoms with Gasteiger partial charge in [-0.2, -0.15) is 0 Å². The number of anilines is 1. The third kappa shape index (κ3) is 4.20. The Kier molecular flexibility index (Phi) is 5.54. The van der Waals surface area contributed by atoms with Crippen molar-refractivity contribution >= 4 is 29.1 Å². The molecule has 1 aliphatic rings. The van der Waals surface area contributed by atoms with Crippen LogP contribution in [0.4, 0.5) is 10.1 Å². The van der Waals surface area contributed by atoms with E-state index in [0.717, 1.165) is 31.0 Å². The second-order valence-electron chi connectivity index (χ2n) is 6.31. The van der Waals surface area contributed by atoms with Gasteiger partial charge in [-0.15, -0.1) is 0 Å². The monoisotopic (exact) mass is 375 g/mol. The molecule has 2 aromatic carbocycles. The highest BCUT2D eigenvalue weighted by Gasteiger charge is 2.28. The Labute approximate surface area is 155 Å². The lowest BCUT2D eigenvalue weighted by Crippen LogP contribution is -2.39. The number of carbonyl (C=O) groups is 2. The summed E-state index contributed by atoms with van der Waals surface area (Å²) in [5.41, 5.74) is 6.86. The van der Waals surface area contributed by atoms with Gasteiger partial charge in [-0.25, -0.2) is 4.39 Å². The molecule has 2 aromatic rings. The van der Waals surface area contributed by atoms with E-state index in [1.165, 1.54) is 12.1 Å². The van der Waals surface area contributed by atoms with E-state index in [9.17, 15) is 14.0 Å². The molecule has 5 nitrogen and oxygen atoms in total. The molecular formula is C19H19ClFN3O2. The first-order chi connectivity index (χ1) is 12.4. The molecule has 3 rings (SSSR count). The van der Waals surface area contributed by atoms with Crippen LogP contribution < -0.4 is 11.1 Å². The summed E-state index contributed by atoms with van der Waals surface area (Å²) in [6.45, 7) is 1.37. The molecule has 1 saturated heterocycles. The van der Waals surface area contributed by atoms with Gasteiger partial charge in [-0.05, 0) is 55.3 Å². The largest absolute Gasteiger partial charge is 0.368 e. The van der Waals surface area contributed by atoms with Gasteiger partial charge in [0.25, 0.3) is 5.91 Å². The van der Waals surface area contributed by atoms with E-state index in [-0.39, 0.29) is 22.5 Å². The third-order valence-electron chi connectivity index (χ3n) is 4.44. The molecule has 2 amide bonds. The first-order valence-electron chi connectivity index (χ1n) is 8.33. The van der Waals surface area contributed by atoms with Crippen LogP contribution in [0.15, 0.2) is 42.5 Å². The standard InChI is InChI=1S/C19H19ClFN3O2/c20-13-6-7-15(16(21)10-13)19(26)23-14-4-1-3-12(9-14)11-24-8-2-5-17(24)18(22)25/h1,3-4,6-7,9-10,17H,2,5,8,11H2,(H2,22,25)(H,23,26)/t17-/m1/s1. The van der Waals surface area contributed by atoms with Crippen molar-refractivity contribution in [3.05, 3.63) is 64.4 Å². The highest BCUT2D eigenvalue weighted by molar-refractivity contribution is 6.30. The Morgan fingerprint density at radius 1 is 1.27 bits per heavy atom. The van der Waals surface area contributed by atoms with Crippen molar-refractivity contribution in [2.45, 2.75) is 25.4 Å². The minimum absolute atomic E-state index is 0.0758. The molecule has 26 heavy (non-hydrogen) atoms. The Morgan fingerprint density at radius 3 is 2.81 bits per heavy atom. The van der Waals surface area contributed by atoms with E-state index in [1.54, 1.807) is 12.1 Å². The Balaban J connectivity index is 1.71. The highest BCUT2D eigenvalue weighted by Crippen LogP contribution is 2.22. The van der Waals surface area contributed by atoms with Crippen LogP contribution in [-0.4, -0.2) is 29.3 Å². The van der Waals surface area contributed by atoms with Crippen LogP contribution in [0.2, 0.25) is 5.02 Å². The molecule has 1 atom stereocenters. The predicted octanol–water partition coefficient (Wildman–Crippen LogP) is 3.18. The molecule has 1 heterocycles. The van der Waals surface area contributed by atoms with Crippen molar-refractivity contribution < 1.29 is 14.0 Å². The summed E-state index contributed by atoms with van der Waals surface area (Å²) in [4.78, 5) is 25.8. The second kappa shape index (κ2) is 7.85. The van der Waals surface area contributed by atoms with Crippen LogP contribution in [0.25, 0.3) is 0 Å². The number of nitrogens with two attached hydrogens (primary N) is 1. The fourth-order valence-corrected chi connectivity index (χ4v) is 3.35. The summed E-state index contributed by atoms with van der Waals surface area (Å²) in [5.74, 6) is -1.54. The number of nitrogens with zero attached hydrogens (tertiary/aromatic N) is 1. The number of benzene rings is 2. The summed E-state index contributed by atoms with van der Waals surface area (Å²) in [6, 6.07) is 10.9. The van der Waals surface area contributed by atoms with E-state index in [1.807, 2.05) is 17.0 Å². The van der Waals surface area contributed by atoms with Gasteiger partial charge in [-0.1, -0.05) is 23.7 Å². The molecule has 0 bridgehead atoms. The maximum Gasteiger partial charge on any atom is 0.258 e. The van der Waals surface area contributed by atoms with Crippen molar-refractivity contribution in [3.8, 4) is 0 Å². The number of hydrogen-bond acceptors (Lipinski definition) is 3. The lowest BCUT2D eigenvalue weighted by molar-refractivity contribution is -0.122. The maximum atomic E-state index is 13.9. The lowest BCUT2D eigenvalue weighted by Gasteiger charge is -2.22. The summed E-state index contributed by atoms with van der Waals surface area (Å²) >= 11 is 5.71. The van der Waals surface area contributed by atoms with E-state index in [2.05, 4.69) is 5.32 Å². The molecule has 136 valence electrons. The average molecular weight is 376 g/mol. The predicted molar refractivity (Wildman–Crippen MR) is 98.4 cm³/mol. The first kappa shape index (κ1) is 18.4. The van der Waals surface area contributed by atoms with E-state index < -0.39 is 11.7 Å². The van der Waals surface area contributed by atoms with Crippen LogP contribution in [0.1, 0.15) is 28.8 Å². The minimum Gasteiger partial charge on any atom is -0.368 e. The number of halogens is 2. The average Bonchev–Trinajstić information content (AvgIpc) is 3.03. The summed E-state index contributed by atoms with van der Waals surface area (Å²) in [5, 5.41) is 2.92. The zero-order valence-corrected chi connectivity index (χ0v) is 14.8. The van der Waals surface area contributed by atoms with Crippen molar-refractivity contribution in [2.75, 3.05) is 11.9 Å². The number of carbonyl (C=O) groups excluding carboxylic acids is 2. The van der Waals surface area contributed by atoms with Gasteiger partial charge in [0.15, 0.2) is 0 Å². The molecule has 0 spiro atoms. The SMILES string of the molecule is NC(=O)[C@H]1CCCN1Cc1cccc(NC(=O)c2ccc(Cl)cc2F)c1. The number of amides is 2. The quantitative estimate of drug-likeness (QED) is 0.842. The van der Waals surface area contributed by atoms with Gasteiger partial charge in [0, 0.05) is 17.3 Å². The van der Waals surface area contributed by atoms with Crippen LogP contribution in [0.3, 0.4) is 0 Å². The van der Waals surface area contributed by atoms with Gasteiger partial charge in [0.05, 0.1) is 11.6 Å². The number of hydrogen-bond donors (Lipinski definition) is 2. The summed E-state index contributed by atoms with van der Waals surface area (Å²) in [7, 11) is 0. The molecular weight excluding hydrogens is 357 g/mol. The number of primary amides is 1. The number of likely N-dealkylation sites (tertiary alicyclic amines) is 1. The first-order valence-corrected chi connectivity index (χ1v) is 8.70. The third-order valence-corrected chi connectivity index (χ3v) is 4.67. The smallest absolute Gasteiger partial charge is 0.258 e. The highest BCUT2D eigenvalue weighted by atomic mass is 35.5. The van der Waals surface area contributed by atoms with Crippen molar-refractivity contribution in [3.63, 3.8) is 0 Å². The molecule has 1 aliphatic heterocycles. The molecule has 3 N–H and O–H groups in total. The van der Waals surface area contributed by atoms with E-state index >= 15 is 0 Å². The van der Waals surface area contributed by atoms with Gasteiger partial charge in [0.2, 0.25) is 5.91 Å². The molecule has 1 fully saturated rings. The van der Waals surface area contributed by atoms with Crippen molar-refractivity contribution in [1.29, 1.82) is 0 Å². The summed E-state index contributed by atoms with van der Waals surface area (Å²) < 4.78 is 13.9. The zero-order chi connectivity index (χ0) is 18.7. The Morgan fingerprint density at radius 2 is 2.08 bits per heavy atom. The summed E-state index contributed by atoms with van der Waals surface area (Å²) in [6.07, 6.45) is 1.70. The van der Waals surface area contributed by atoms with Gasteiger partial charge < -0.3 is 11.1 Å². The second-order valence-corrected chi connectivity index (χ2v) is 6.75. The van der Waals surface area contributed by atoms with Crippen LogP contribution >= 0.6 is 11.6 Å². The van der Waals surface area contributed by atoms with Crippen molar-refractivity contribution in [1.82, 2.24) is 4.90 Å². The fourth-order valence-electron chi connectivity index (χ4n) is 3.19. The Hall–Kier alpha value is -2.44. The molecule has 7 heteroatoms. The molecule has 0 radical (unpaired) electrons. The molecule has 0 unspecified atom stereocenters. The van der Waals surface area contributed by atoms with Crippen molar-refractivity contribution in [2.24, 2.45) is 5.73 Å². The van der Waals surface area contributed by atoms with Gasteiger partial charge >= 0.3 is 0 Å². The molecule has 0 saturated carbocycles. The normalized spacial score (nSPS) is 17.2. The minimum atomic E-state index is -0.674. The van der Waals surface area contributed by atoms with Gasteiger partial charge in [0.1, 0.15) is 5.82 Å². The Bertz CT molecular complexity index is 843. The molecule has 0 aliphatic carbocycles. The topological polar surface area (TPSA) is 75.4 Å². The van der Waals surface area contributed by atoms with Crippen LogP contribution in [-0.2, 0) is 11.3 Å².